The van der Waals surface area contributed by atoms with E-state index in [-0.39, 0.29) is 24.0 Å². The molecule has 7 nitrogen and oxygen atoms in total. The van der Waals surface area contributed by atoms with E-state index < -0.39 is 10.8 Å². The van der Waals surface area contributed by atoms with Crippen molar-refractivity contribution in [2.75, 3.05) is 5.32 Å². The Hall–Kier alpha value is -2.77. The Labute approximate surface area is 125 Å². The number of hydrogen-bond acceptors (Lipinski definition) is 4. The minimum absolute atomic E-state index is 0.123. The maximum Gasteiger partial charge on any atom is 0.306 e. The van der Waals surface area contributed by atoms with E-state index in [9.17, 15) is 19.3 Å². The van der Waals surface area contributed by atoms with Crippen molar-refractivity contribution in [3.8, 4) is 0 Å². The largest absolute Gasteiger partial charge is 0.326 e. The van der Waals surface area contributed by atoms with Gasteiger partial charge in [-0.25, -0.2) is 4.39 Å². The Balaban J connectivity index is 2.00. The standard InChI is InChI=1S/C14H15FN4O3/c1-9-5-11(15)3-4-13(9)17-14(20)10(2)7-18-8-12(6-16-18)19(21)22/h3-6,8,10H,7H2,1-2H3,(H,17,20)/t10-/m0/s1. The maximum atomic E-state index is 13.0. The van der Waals surface area contributed by atoms with Crippen LogP contribution >= 0.6 is 0 Å². The second-order valence-electron chi connectivity index (χ2n) is 5.03. The van der Waals surface area contributed by atoms with E-state index in [1.165, 1.54) is 29.1 Å². The fourth-order valence-electron chi connectivity index (χ4n) is 1.93. The lowest BCUT2D eigenvalue weighted by Crippen LogP contribution is -2.25. The van der Waals surface area contributed by atoms with Crippen LogP contribution in [0.1, 0.15) is 12.5 Å². The van der Waals surface area contributed by atoms with Crippen molar-refractivity contribution in [1.82, 2.24) is 9.78 Å². The van der Waals surface area contributed by atoms with Gasteiger partial charge in [-0.2, -0.15) is 5.10 Å². The number of benzene rings is 1. The summed E-state index contributed by atoms with van der Waals surface area (Å²) >= 11 is 0. The van der Waals surface area contributed by atoms with Gasteiger partial charge in [0.2, 0.25) is 5.91 Å². The average Bonchev–Trinajstić information content (AvgIpc) is 2.90. The Bertz CT molecular complexity index is 714. The van der Waals surface area contributed by atoms with Crippen molar-refractivity contribution in [1.29, 1.82) is 0 Å². The van der Waals surface area contributed by atoms with Gasteiger partial charge in [-0.1, -0.05) is 6.92 Å². The van der Waals surface area contributed by atoms with Crippen molar-refractivity contribution in [3.05, 3.63) is 52.1 Å². The molecule has 0 fully saturated rings. The number of carbonyl (C=O) groups is 1. The van der Waals surface area contributed by atoms with E-state index in [1.807, 2.05) is 0 Å². The smallest absolute Gasteiger partial charge is 0.306 e. The first-order valence-corrected chi connectivity index (χ1v) is 6.60. The molecule has 0 spiro atoms. The minimum atomic E-state index is -0.546. The number of carbonyl (C=O) groups excluding carboxylic acids is 1. The summed E-state index contributed by atoms with van der Waals surface area (Å²) in [6.07, 6.45) is 2.40. The summed E-state index contributed by atoms with van der Waals surface area (Å²) in [6.45, 7) is 3.59. The van der Waals surface area contributed by atoms with Crippen LogP contribution in [0.15, 0.2) is 30.6 Å². The molecular weight excluding hydrogens is 291 g/mol. The maximum absolute atomic E-state index is 13.0. The molecule has 1 heterocycles. The molecule has 1 atom stereocenters. The van der Waals surface area contributed by atoms with E-state index >= 15 is 0 Å². The third kappa shape index (κ3) is 3.66. The number of nitro groups is 1. The Kier molecular flexibility index (Phi) is 4.50. The first-order chi connectivity index (χ1) is 10.4. The molecule has 0 saturated carbocycles. The van der Waals surface area contributed by atoms with Gasteiger partial charge in [-0.3, -0.25) is 19.6 Å². The molecule has 22 heavy (non-hydrogen) atoms. The van der Waals surface area contributed by atoms with Crippen LogP contribution in [0.2, 0.25) is 0 Å². The van der Waals surface area contributed by atoms with Gasteiger partial charge in [-0.15, -0.1) is 0 Å². The Morgan fingerprint density at radius 1 is 1.55 bits per heavy atom. The van der Waals surface area contributed by atoms with Crippen molar-refractivity contribution >= 4 is 17.3 Å². The third-order valence-corrected chi connectivity index (χ3v) is 3.19. The number of anilines is 1. The summed E-state index contributed by atoms with van der Waals surface area (Å²) in [4.78, 5) is 22.2. The van der Waals surface area contributed by atoms with Crippen molar-refractivity contribution in [3.63, 3.8) is 0 Å². The number of halogens is 1. The number of amides is 1. The van der Waals surface area contributed by atoms with E-state index in [2.05, 4.69) is 10.4 Å². The number of rotatable bonds is 5. The van der Waals surface area contributed by atoms with Crippen LogP contribution in [-0.4, -0.2) is 20.6 Å². The van der Waals surface area contributed by atoms with Gasteiger partial charge in [0.05, 0.1) is 17.4 Å². The zero-order valence-electron chi connectivity index (χ0n) is 12.1. The molecule has 116 valence electrons. The molecule has 2 aromatic rings. The van der Waals surface area contributed by atoms with Crippen LogP contribution in [0.4, 0.5) is 15.8 Å². The van der Waals surface area contributed by atoms with Gasteiger partial charge in [0.25, 0.3) is 0 Å². The van der Waals surface area contributed by atoms with Crippen LogP contribution in [0.25, 0.3) is 0 Å². The van der Waals surface area contributed by atoms with Crippen molar-refractivity contribution in [2.45, 2.75) is 20.4 Å². The molecule has 1 amide bonds. The summed E-state index contributed by atoms with van der Waals surface area (Å²) in [5.74, 6) is -1.09. The molecule has 2 rings (SSSR count). The number of nitrogens with one attached hydrogen (secondary N) is 1. The van der Waals surface area contributed by atoms with E-state index in [0.29, 0.717) is 11.3 Å². The lowest BCUT2D eigenvalue weighted by atomic mass is 10.1. The van der Waals surface area contributed by atoms with Gasteiger partial charge in [0.1, 0.15) is 18.2 Å². The van der Waals surface area contributed by atoms with Gasteiger partial charge >= 0.3 is 5.69 Å². The first kappa shape index (κ1) is 15.6. The fourth-order valence-corrected chi connectivity index (χ4v) is 1.93. The minimum Gasteiger partial charge on any atom is -0.326 e. The number of aryl methyl sites for hydroxylation is 1. The molecule has 0 unspecified atom stereocenters. The molecule has 0 aliphatic rings. The summed E-state index contributed by atoms with van der Waals surface area (Å²) in [5.41, 5.74) is 1.03. The van der Waals surface area contributed by atoms with Crippen LogP contribution < -0.4 is 5.32 Å². The van der Waals surface area contributed by atoms with Gasteiger partial charge in [0, 0.05) is 5.69 Å². The average molecular weight is 306 g/mol. The van der Waals surface area contributed by atoms with Crippen LogP contribution in [0.5, 0.6) is 0 Å². The molecule has 0 aliphatic heterocycles. The van der Waals surface area contributed by atoms with E-state index in [0.717, 1.165) is 6.20 Å². The summed E-state index contributed by atoms with van der Waals surface area (Å²) < 4.78 is 14.4. The van der Waals surface area contributed by atoms with E-state index in [1.54, 1.807) is 13.8 Å². The lowest BCUT2D eigenvalue weighted by molar-refractivity contribution is -0.385. The molecule has 0 bridgehead atoms. The summed E-state index contributed by atoms with van der Waals surface area (Å²) in [5, 5.41) is 17.1. The van der Waals surface area contributed by atoms with Crippen LogP contribution in [0, 0.1) is 28.8 Å². The van der Waals surface area contributed by atoms with Gasteiger partial charge < -0.3 is 5.32 Å². The predicted octanol–water partition coefficient (Wildman–Crippen LogP) is 2.51. The highest BCUT2D eigenvalue weighted by molar-refractivity contribution is 5.92. The summed E-state index contributed by atoms with van der Waals surface area (Å²) in [7, 11) is 0. The van der Waals surface area contributed by atoms with Crippen LogP contribution in [-0.2, 0) is 11.3 Å². The van der Waals surface area contributed by atoms with Crippen molar-refractivity contribution < 1.29 is 14.1 Å². The fraction of sp³-hybridized carbons (Fsp3) is 0.286. The molecule has 0 radical (unpaired) electrons. The van der Waals surface area contributed by atoms with Crippen molar-refractivity contribution in [2.24, 2.45) is 5.92 Å². The topological polar surface area (TPSA) is 90.1 Å². The number of hydrogen-bond donors (Lipinski definition) is 1. The zero-order chi connectivity index (χ0) is 16.3. The predicted molar refractivity (Wildman–Crippen MR) is 77.8 cm³/mol. The third-order valence-electron chi connectivity index (χ3n) is 3.19. The monoisotopic (exact) mass is 306 g/mol. The molecule has 1 aromatic heterocycles. The number of nitrogens with zero attached hydrogens (tertiary/aromatic N) is 3. The highest BCUT2D eigenvalue weighted by Crippen LogP contribution is 2.17. The van der Waals surface area contributed by atoms with Crippen LogP contribution in [0.3, 0.4) is 0 Å². The molecule has 0 aliphatic carbocycles. The lowest BCUT2D eigenvalue weighted by Gasteiger charge is -2.13. The first-order valence-electron chi connectivity index (χ1n) is 6.60. The molecule has 8 heteroatoms. The zero-order valence-corrected chi connectivity index (χ0v) is 12.1. The normalized spacial score (nSPS) is 12.0. The molecule has 1 aromatic carbocycles. The van der Waals surface area contributed by atoms with Gasteiger partial charge in [0.15, 0.2) is 0 Å². The highest BCUT2D eigenvalue weighted by atomic mass is 19.1. The molecule has 0 saturated heterocycles. The molecular formula is C14H15FN4O3. The highest BCUT2D eigenvalue weighted by Gasteiger charge is 2.17. The summed E-state index contributed by atoms with van der Waals surface area (Å²) in [6, 6.07) is 4.09. The van der Waals surface area contributed by atoms with E-state index in [4.69, 9.17) is 0 Å². The number of aromatic nitrogens is 2. The second-order valence-corrected chi connectivity index (χ2v) is 5.03. The Morgan fingerprint density at radius 2 is 2.27 bits per heavy atom. The quantitative estimate of drug-likeness (QED) is 0.679. The molecule has 1 N–H and O–H groups in total. The van der Waals surface area contributed by atoms with Gasteiger partial charge in [-0.05, 0) is 30.7 Å². The second kappa shape index (κ2) is 6.33. The SMILES string of the molecule is Cc1cc(F)ccc1NC(=O)[C@@H](C)Cn1cc([N+](=O)[O-])cn1. The Morgan fingerprint density at radius 3 is 2.86 bits per heavy atom.